The van der Waals surface area contributed by atoms with E-state index in [-0.39, 0.29) is 23.6 Å². The molecular weight excluding hydrogens is 240 g/mol. The Morgan fingerprint density at radius 1 is 1.32 bits per heavy atom. The Kier molecular flexibility index (Phi) is 3.09. The lowest BCUT2D eigenvalue weighted by Gasteiger charge is -2.39. The number of hydrogen-bond acceptors (Lipinski definition) is 3. The highest BCUT2D eigenvalue weighted by Crippen LogP contribution is 2.55. The maximum absolute atomic E-state index is 11.4. The van der Waals surface area contributed by atoms with E-state index in [1.807, 2.05) is 12.1 Å². The Balaban J connectivity index is 1.95. The van der Waals surface area contributed by atoms with Crippen LogP contribution in [0.2, 0.25) is 0 Å². The Hall–Kier alpha value is -1.35. The van der Waals surface area contributed by atoms with Crippen LogP contribution >= 0.6 is 0 Å². The SMILES string of the molecule is CC(=O)OC1c2ccccc2CC12CCC(O)CC2. The summed E-state index contributed by atoms with van der Waals surface area (Å²) in [6, 6.07) is 8.25. The van der Waals surface area contributed by atoms with Gasteiger partial charge < -0.3 is 9.84 Å². The fourth-order valence-electron chi connectivity index (χ4n) is 3.72. The minimum atomic E-state index is -0.216. The molecule has 0 amide bonds. The molecule has 1 spiro atoms. The van der Waals surface area contributed by atoms with E-state index in [1.165, 1.54) is 12.5 Å². The van der Waals surface area contributed by atoms with Crippen molar-refractivity contribution in [3.05, 3.63) is 35.4 Å². The van der Waals surface area contributed by atoms with Crippen LogP contribution in [-0.4, -0.2) is 17.2 Å². The van der Waals surface area contributed by atoms with Crippen LogP contribution < -0.4 is 0 Å². The van der Waals surface area contributed by atoms with E-state index < -0.39 is 0 Å². The standard InChI is InChI=1S/C16H20O3/c1-11(17)19-15-14-5-3-2-4-12(14)10-16(15)8-6-13(18)7-9-16/h2-5,13,15,18H,6-10H2,1H3. The van der Waals surface area contributed by atoms with Gasteiger partial charge in [-0.2, -0.15) is 0 Å². The van der Waals surface area contributed by atoms with E-state index in [0.717, 1.165) is 37.7 Å². The minimum absolute atomic E-state index is 0.00852. The van der Waals surface area contributed by atoms with Gasteiger partial charge >= 0.3 is 5.97 Å². The zero-order valence-corrected chi connectivity index (χ0v) is 11.3. The maximum Gasteiger partial charge on any atom is 0.303 e. The fraction of sp³-hybridized carbons (Fsp3) is 0.562. The van der Waals surface area contributed by atoms with E-state index in [0.29, 0.717) is 0 Å². The summed E-state index contributed by atoms with van der Waals surface area (Å²) in [7, 11) is 0. The molecule has 0 saturated heterocycles. The summed E-state index contributed by atoms with van der Waals surface area (Å²) in [6.07, 6.45) is 4.13. The second-order valence-corrected chi connectivity index (χ2v) is 5.96. The second-order valence-electron chi connectivity index (χ2n) is 5.96. The van der Waals surface area contributed by atoms with Crippen molar-refractivity contribution in [2.45, 2.75) is 51.2 Å². The molecule has 1 atom stereocenters. The number of aliphatic hydroxyl groups excluding tert-OH is 1. The average molecular weight is 260 g/mol. The second kappa shape index (κ2) is 4.64. The zero-order chi connectivity index (χ0) is 13.5. The van der Waals surface area contributed by atoms with E-state index in [4.69, 9.17) is 4.74 Å². The van der Waals surface area contributed by atoms with Gasteiger partial charge in [0.2, 0.25) is 0 Å². The van der Waals surface area contributed by atoms with Crippen LogP contribution in [0.25, 0.3) is 0 Å². The van der Waals surface area contributed by atoms with Gasteiger partial charge in [0.15, 0.2) is 0 Å². The molecule has 0 bridgehead atoms. The van der Waals surface area contributed by atoms with Crippen molar-refractivity contribution in [1.82, 2.24) is 0 Å². The molecule has 0 aromatic heterocycles. The van der Waals surface area contributed by atoms with Gasteiger partial charge in [0.05, 0.1) is 6.10 Å². The van der Waals surface area contributed by atoms with Crippen molar-refractivity contribution in [2.75, 3.05) is 0 Å². The number of aliphatic hydroxyl groups is 1. The van der Waals surface area contributed by atoms with Crippen LogP contribution in [0, 0.1) is 5.41 Å². The number of rotatable bonds is 1. The van der Waals surface area contributed by atoms with Gasteiger partial charge in [0.25, 0.3) is 0 Å². The monoisotopic (exact) mass is 260 g/mol. The van der Waals surface area contributed by atoms with Crippen molar-refractivity contribution < 1.29 is 14.6 Å². The number of ether oxygens (including phenoxy) is 1. The molecule has 2 aliphatic carbocycles. The van der Waals surface area contributed by atoms with E-state index >= 15 is 0 Å². The number of carbonyl (C=O) groups excluding carboxylic acids is 1. The molecule has 3 nitrogen and oxygen atoms in total. The van der Waals surface area contributed by atoms with Gasteiger partial charge in [-0.15, -0.1) is 0 Å². The molecule has 102 valence electrons. The lowest BCUT2D eigenvalue weighted by Crippen LogP contribution is -2.35. The Bertz CT molecular complexity index is 487. The molecule has 0 aliphatic heterocycles. The van der Waals surface area contributed by atoms with Crippen LogP contribution in [0.4, 0.5) is 0 Å². The van der Waals surface area contributed by atoms with Crippen LogP contribution in [0.15, 0.2) is 24.3 Å². The van der Waals surface area contributed by atoms with Crippen LogP contribution in [0.1, 0.15) is 49.8 Å². The summed E-state index contributed by atoms with van der Waals surface area (Å²) < 4.78 is 5.65. The molecule has 1 fully saturated rings. The molecule has 1 unspecified atom stereocenters. The molecule has 19 heavy (non-hydrogen) atoms. The summed E-state index contributed by atoms with van der Waals surface area (Å²) >= 11 is 0. The molecule has 1 aromatic carbocycles. The highest BCUT2D eigenvalue weighted by atomic mass is 16.5. The van der Waals surface area contributed by atoms with Crippen LogP contribution in [0.3, 0.4) is 0 Å². The molecule has 1 saturated carbocycles. The first-order valence-corrected chi connectivity index (χ1v) is 7.04. The third-order valence-corrected chi connectivity index (χ3v) is 4.67. The van der Waals surface area contributed by atoms with Crippen molar-refractivity contribution in [3.63, 3.8) is 0 Å². The van der Waals surface area contributed by atoms with Gasteiger partial charge in [0, 0.05) is 12.3 Å². The van der Waals surface area contributed by atoms with Crippen molar-refractivity contribution in [3.8, 4) is 0 Å². The zero-order valence-electron chi connectivity index (χ0n) is 11.3. The van der Waals surface area contributed by atoms with E-state index in [1.54, 1.807) is 0 Å². The lowest BCUT2D eigenvalue weighted by molar-refractivity contribution is -0.156. The van der Waals surface area contributed by atoms with Gasteiger partial charge in [-0.1, -0.05) is 24.3 Å². The van der Waals surface area contributed by atoms with Gasteiger partial charge in [-0.05, 0) is 43.2 Å². The van der Waals surface area contributed by atoms with Gasteiger partial charge in [-0.3, -0.25) is 4.79 Å². The van der Waals surface area contributed by atoms with Crippen molar-refractivity contribution in [2.24, 2.45) is 5.41 Å². The summed E-state index contributed by atoms with van der Waals surface area (Å²) in [6.45, 7) is 1.48. The summed E-state index contributed by atoms with van der Waals surface area (Å²) in [4.78, 5) is 11.4. The van der Waals surface area contributed by atoms with Crippen LogP contribution in [0.5, 0.6) is 0 Å². The molecule has 0 radical (unpaired) electrons. The predicted octanol–water partition coefficient (Wildman–Crippen LogP) is 2.77. The third kappa shape index (κ3) is 2.16. The first-order chi connectivity index (χ1) is 9.11. The van der Waals surface area contributed by atoms with E-state index in [9.17, 15) is 9.90 Å². The Labute approximate surface area is 113 Å². The first kappa shape index (κ1) is 12.7. The number of carbonyl (C=O) groups is 1. The lowest BCUT2D eigenvalue weighted by atomic mass is 9.69. The number of hydrogen-bond donors (Lipinski definition) is 1. The smallest absolute Gasteiger partial charge is 0.303 e. The normalized spacial score (nSPS) is 33.2. The highest BCUT2D eigenvalue weighted by Gasteiger charge is 2.49. The number of esters is 1. The minimum Gasteiger partial charge on any atom is -0.457 e. The highest BCUT2D eigenvalue weighted by molar-refractivity contribution is 5.66. The Morgan fingerprint density at radius 2 is 2.00 bits per heavy atom. The molecular formula is C16H20O3. The quantitative estimate of drug-likeness (QED) is 0.790. The van der Waals surface area contributed by atoms with Crippen molar-refractivity contribution in [1.29, 1.82) is 0 Å². The van der Waals surface area contributed by atoms with Crippen molar-refractivity contribution >= 4 is 5.97 Å². The molecule has 3 heteroatoms. The van der Waals surface area contributed by atoms with Gasteiger partial charge in [0.1, 0.15) is 6.10 Å². The molecule has 1 N–H and O–H groups in total. The maximum atomic E-state index is 11.4. The molecule has 0 heterocycles. The predicted molar refractivity (Wildman–Crippen MR) is 71.6 cm³/mol. The van der Waals surface area contributed by atoms with Crippen LogP contribution in [-0.2, 0) is 16.0 Å². The summed E-state index contributed by atoms with van der Waals surface area (Å²) in [5.74, 6) is -0.216. The summed E-state index contributed by atoms with van der Waals surface area (Å²) in [5, 5.41) is 9.73. The molecule has 2 aliphatic rings. The topological polar surface area (TPSA) is 46.5 Å². The molecule has 1 aromatic rings. The van der Waals surface area contributed by atoms with E-state index in [2.05, 4.69) is 12.1 Å². The molecule has 3 rings (SSSR count). The largest absolute Gasteiger partial charge is 0.457 e. The fourth-order valence-corrected chi connectivity index (χ4v) is 3.72. The third-order valence-electron chi connectivity index (χ3n) is 4.67. The first-order valence-electron chi connectivity index (χ1n) is 7.04. The Morgan fingerprint density at radius 3 is 2.68 bits per heavy atom. The number of fused-ring (bicyclic) bond motifs is 1. The summed E-state index contributed by atoms with van der Waals surface area (Å²) in [5.41, 5.74) is 2.47. The van der Waals surface area contributed by atoms with Gasteiger partial charge in [-0.25, -0.2) is 0 Å². The average Bonchev–Trinajstić information content (AvgIpc) is 2.68. The number of benzene rings is 1.